The Kier molecular flexibility index (Phi) is 11.6. The Morgan fingerprint density at radius 2 is 1.45 bits per heavy atom. The second-order valence-electron chi connectivity index (χ2n) is 19.7. The molecule has 2 saturated heterocycles. The van der Waals surface area contributed by atoms with Gasteiger partial charge in [0.05, 0.1) is 55.4 Å². The van der Waals surface area contributed by atoms with Crippen molar-refractivity contribution in [2.24, 2.45) is 45.3 Å². The van der Waals surface area contributed by atoms with Gasteiger partial charge in [0.2, 0.25) is 0 Å². The Labute approximate surface area is 307 Å². The van der Waals surface area contributed by atoms with Crippen molar-refractivity contribution in [2.45, 2.75) is 194 Å². The summed E-state index contributed by atoms with van der Waals surface area (Å²) in [5.41, 5.74) is 1.06. The highest BCUT2D eigenvalue weighted by molar-refractivity contribution is 5.30. The van der Waals surface area contributed by atoms with Crippen LogP contribution in [0, 0.1) is 45.3 Å². The maximum absolute atomic E-state index is 11.1. The maximum atomic E-state index is 11.1. The summed E-state index contributed by atoms with van der Waals surface area (Å²) in [6.07, 6.45) is 10.6. The van der Waals surface area contributed by atoms with Gasteiger partial charge in [0.1, 0.15) is 0 Å². The van der Waals surface area contributed by atoms with E-state index in [0.29, 0.717) is 55.8 Å². The SMILES string of the molecule is C[C@H](CC[C@@H](O[C@H]1C[C@@H](O)C[C@@H](CO)O1)C(C)(C)O)C1CC[C@@]2(C)C3CC=C4C(CC[C@H](O[C@H]5C[C@@H](O)C[C@@H](CO)O5)C4(C)C)[C@]3(C)CC[C@]12C. The molecule has 0 radical (unpaired) electrons. The van der Waals surface area contributed by atoms with Gasteiger partial charge in [0.25, 0.3) is 0 Å². The fraction of sp³-hybridized carbons (Fsp3) is 0.952. The molecule has 2 aliphatic heterocycles. The monoisotopic (exact) mass is 721 g/mol. The quantitative estimate of drug-likeness (QED) is 0.157. The number of fused-ring (bicyclic) bond motifs is 5. The van der Waals surface area contributed by atoms with Crippen LogP contribution in [0.3, 0.4) is 0 Å². The number of allylic oxidation sites excluding steroid dienone is 1. The Bertz CT molecular complexity index is 1230. The van der Waals surface area contributed by atoms with E-state index < -0.39 is 42.6 Å². The number of ether oxygens (including phenoxy) is 4. The van der Waals surface area contributed by atoms with E-state index in [0.717, 1.165) is 25.7 Å². The summed E-state index contributed by atoms with van der Waals surface area (Å²) in [4.78, 5) is 0. The average molecular weight is 721 g/mol. The first-order valence-corrected chi connectivity index (χ1v) is 20.5. The molecule has 0 amide bonds. The summed E-state index contributed by atoms with van der Waals surface area (Å²) in [7, 11) is 0. The van der Waals surface area contributed by atoms with Gasteiger partial charge in [0.15, 0.2) is 12.6 Å². The highest BCUT2D eigenvalue weighted by Gasteiger charge is 2.67. The fourth-order valence-corrected chi connectivity index (χ4v) is 12.7. The lowest BCUT2D eigenvalue weighted by Gasteiger charge is -2.66. The van der Waals surface area contributed by atoms with Crippen LogP contribution in [0.2, 0.25) is 0 Å². The summed E-state index contributed by atoms with van der Waals surface area (Å²) in [6.45, 7) is 18.3. The van der Waals surface area contributed by atoms with Gasteiger partial charge in [-0.2, -0.15) is 0 Å². The van der Waals surface area contributed by atoms with E-state index in [1.807, 2.05) is 0 Å². The third-order valence-electron chi connectivity index (χ3n) is 15.9. The van der Waals surface area contributed by atoms with Crippen LogP contribution < -0.4 is 0 Å². The van der Waals surface area contributed by atoms with Crippen LogP contribution in [0.4, 0.5) is 0 Å². The number of rotatable bonds is 11. The van der Waals surface area contributed by atoms with E-state index in [1.54, 1.807) is 19.4 Å². The molecule has 0 aromatic carbocycles. The zero-order valence-electron chi connectivity index (χ0n) is 33.0. The smallest absolute Gasteiger partial charge is 0.161 e. The number of hydrogen-bond acceptors (Lipinski definition) is 9. The molecule has 51 heavy (non-hydrogen) atoms. The van der Waals surface area contributed by atoms with Crippen molar-refractivity contribution in [2.75, 3.05) is 13.2 Å². The number of aliphatic hydroxyl groups excluding tert-OH is 4. The molecule has 0 aromatic rings. The molecule has 3 unspecified atom stereocenters. The highest BCUT2D eigenvalue weighted by atomic mass is 16.7. The summed E-state index contributed by atoms with van der Waals surface area (Å²) in [6, 6.07) is 0. The summed E-state index contributed by atoms with van der Waals surface area (Å²) in [5.74, 6) is 2.22. The van der Waals surface area contributed by atoms with Gasteiger partial charge in [-0.15, -0.1) is 0 Å². The van der Waals surface area contributed by atoms with E-state index in [9.17, 15) is 25.5 Å². The lowest BCUT2D eigenvalue weighted by Crippen LogP contribution is -2.59. The van der Waals surface area contributed by atoms with Crippen LogP contribution in [0.25, 0.3) is 0 Å². The maximum Gasteiger partial charge on any atom is 0.161 e. The molecular weight excluding hydrogens is 648 g/mol. The first-order valence-electron chi connectivity index (χ1n) is 20.5. The van der Waals surface area contributed by atoms with Crippen LogP contribution >= 0.6 is 0 Å². The minimum Gasteiger partial charge on any atom is -0.394 e. The number of hydrogen-bond donors (Lipinski definition) is 5. The van der Waals surface area contributed by atoms with Crippen LogP contribution in [-0.2, 0) is 18.9 Å². The van der Waals surface area contributed by atoms with Crippen LogP contribution in [0.5, 0.6) is 0 Å². The summed E-state index contributed by atoms with van der Waals surface area (Å²) in [5, 5.41) is 51.3. The average Bonchev–Trinajstić information content (AvgIpc) is 3.33. The van der Waals surface area contributed by atoms with Crippen LogP contribution in [-0.4, -0.2) is 93.6 Å². The lowest BCUT2D eigenvalue weighted by molar-refractivity contribution is -0.261. The van der Waals surface area contributed by atoms with E-state index in [-0.39, 0.29) is 47.1 Å². The van der Waals surface area contributed by atoms with Gasteiger partial charge in [-0.25, -0.2) is 0 Å². The van der Waals surface area contributed by atoms with Gasteiger partial charge in [-0.3, -0.25) is 0 Å². The van der Waals surface area contributed by atoms with Gasteiger partial charge in [-0.1, -0.05) is 53.2 Å². The molecule has 4 aliphatic carbocycles. The topological polar surface area (TPSA) is 138 Å². The molecule has 294 valence electrons. The number of aliphatic hydroxyl groups is 5. The van der Waals surface area contributed by atoms with E-state index >= 15 is 0 Å². The van der Waals surface area contributed by atoms with Gasteiger partial charge < -0.3 is 44.5 Å². The van der Waals surface area contributed by atoms with Gasteiger partial charge >= 0.3 is 0 Å². The Hall–Kier alpha value is -0.620. The zero-order valence-corrected chi connectivity index (χ0v) is 33.0. The third kappa shape index (κ3) is 7.40. The second-order valence-corrected chi connectivity index (χ2v) is 19.7. The molecule has 6 rings (SSSR count). The predicted molar refractivity (Wildman–Crippen MR) is 195 cm³/mol. The van der Waals surface area contributed by atoms with Crippen molar-refractivity contribution in [1.82, 2.24) is 0 Å². The first-order chi connectivity index (χ1) is 23.9. The predicted octanol–water partition coefficient (Wildman–Crippen LogP) is 6.27. The van der Waals surface area contributed by atoms with E-state index in [2.05, 4.69) is 47.6 Å². The third-order valence-corrected chi connectivity index (χ3v) is 15.9. The van der Waals surface area contributed by atoms with Crippen LogP contribution in [0.15, 0.2) is 11.6 Å². The van der Waals surface area contributed by atoms with E-state index in [1.165, 1.54) is 25.7 Å². The molecule has 9 nitrogen and oxygen atoms in total. The van der Waals surface area contributed by atoms with Crippen molar-refractivity contribution in [3.05, 3.63) is 11.6 Å². The summed E-state index contributed by atoms with van der Waals surface area (Å²) >= 11 is 0. The second kappa shape index (κ2) is 14.8. The van der Waals surface area contributed by atoms with Crippen molar-refractivity contribution in [1.29, 1.82) is 0 Å². The Morgan fingerprint density at radius 3 is 2.08 bits per heavy atom. The summed E-state index contributed by atoms with van der Waals surface area (Å²) < 4.78 is 25.0. The Balaban J connectivity index is 1.13. The van der Waals surface area contributed by atoms with Crippen molar-refractivity contribution in [3.63, 3.8) is 0 Å². The fourth-order valence-electron chi connectivity index (χ4n) is 12.7. The molecule has 0 aromatic heterocycles. The largest absolute Gasteiger partial charge is 0.394 e. The standard InChI is InChI=1S/C42H72O9/c1-25(9-13-35(39(4,5)47)51-37-22-27(46)20-29(24-44)49-37)30-15-16-42(8)33-12-10-31-32(40(33,6)17-18-41(30,42)7)11-14-34(38(31,2)3)50-36-21-26(45)19-28(23-43)48-36/h10,25-30,32-37,43-47H,9,11-24H2,1-8H3/t25-,26+,27+,28+,29+,30?,32?,33?,34+,35-,36+,37+,40+,41-,42+/m1/s1. The molecule has 0 bridgehead atoms. The molecule has 5 N–H and O–H groups in total. The minimum absolute atomic E-state index is 0.0125. The van der Waals surface area contributed by atoms with Crippen LogP contribution in [0.1, 0.15) is 139 Å². The molecule has 9 heteroatoms. The van der Waals surface area contributed by atoms with Gasteiger partial charge in [0, 0.05) is 31.1 Å². The van der Waals surface area contributed by atoms with Crippen molar-refractivity contribution >= 4 is 0 Å². The van der Waals surface area contributed by atoms with Crippen molar-refractivity contribution < 1.29 is 44.5 Å². The zero-order chi connectivity index (χ0) is 37.1. The molecule has 3 saturated carbocycles. The van der Waals surface area contributed by atoms with Crippen molar-refractivity contribution in [3.8, 4) is 0 Å². The first kappa shape index (κ1) is 40.1. The molecular formula is C42H72O9. The highest BCUT2D eigenvalue weighted by Crippen LogP contribution is 2.75. The molecule has 15 atom stereocenters. The van der Waals surface area contributed by atoms with E-state index in [4.69, 9.17) is 18.9 Å². The molecule has 6 aliphatic rings. The van der Waals surface area contributed by atoms with Gasteiger partial charge in [-0.05, 0) is 112 Å². The minimum atomic E-state index is -1.06. The molecule has 0 spiro atoms. The molecule has 5 fully saturated rings. The Morgan fingerprint density at radius 1 is 0.824 bits per heavy atom. The molecule has 2 heterocycles. The lowest BCUT2D eigenvalue weighted by atomic mass is 9.39. The normalized spacial score (nSPS) is 46.7.